The van der Waals surface area contributed by atoms with Crippen molar-refractivity contribution >= 4 is 46.4 Å². The molecule has 0 amide bonds. The number of aryl methyl sites for hydroxylation is 1. The molecule has 2 N–H and O–H groups in total. The predicted octanol–water partition coefficient (Wildman–Crippen LogP) is 4.56. The Balaban J connectivity index is 0.00000162. The van der Waals surface area contributed by atoms with Crippen LogP contribution in [0, 0.1) is 6.92 Å². The minimum absolute atomic E-state index is 0. The fourth-order valence-corrected chi connectivity index (χ4v) is 3.11. The average molecular weight is 370 g/mol. The third-order valence-electron chi connectivity index (χ3n) is 3.53. The van der Waals surface area contributed by atoms with Gasteiger partial charge in [-0.3, -0.25) is 4.90 Å². The predicted molar refractivity (Wildman–Crippen MR) is 91.5 cm³/mol. The lowest BCUT2D eigenvalue weighted by Crippen LogP contribution is -2.24. The summed E-state index contributed by atoms with van der Waals surface area (Å²) in [5, 5.41) is 0. The molecule has 0 bridgehead atoms. The minimum atomic E-state index is 0. The summed E-state index contributed by atoms with van der Waals surface area (Å²) in [5.41, 5.74) is 9.55. The van der Waals surface area contributed by atoms with Gasteiger partial charge >= 0.3 is 0 Å². The van der Waals surface area contributed by atoms with E-state index in [-0.39, 0.29) is 24.8 Å². The Labute approximate surface area is 137 Å². The lowest BCUT2D eigenvalue weighted by molar-refractivity contribution is 0.277. The first-order valence-corrected chi connectivity index (χ1v) is 7.23. The molecule has 2 nitrogen and oxygen atoms in total. The molecule has 1 aliphatic rings. The summed E-state index contributed by atoms with van der Waals surface area (Å²) in [6.07, 6.45) is 5.41. The van der Waals surface area contributed by atoms with Crippen molar-refractivity contribution in [3.8, 4) is 0 Å². The van der Waals surface area contributed by atoms with Crippen molar-refractivity contribution in [3.63, 3.8) is 0 Å². The molecule has 0 aliphatic carbocycles. The Hall–Kier alpha value is 0.0400. The molecule has 1 aliphatic heterocycles. The molecule has 1 heterocycles. The van der Waals surface area contributed by atoms with E-state index in [1.807, 2.05) is 0 Å². The summed E-state index contributed by atoms with van der Waals surface area (Å²) in [7, 11) is 0. The van der Waals surface area contributed by atoms with Crippen LogP contribution in [-0.2, 0) is 6.54 Å². The molecule has 0 aromatic heterocycles. The molecule has 1 fully saturated rings. The van der Waals surface area contributed by atoms with E-state index in [4.69, 9.17) is 5.73 Å². The number of halogens is 3. The van der Waals surface area contributed by atoms with Gasteiger partial charge in [0, 0.05) is 16.7 Å². The quantitative estimate of drug-likeness (QED) is 0.774. The second kappa shape index (κ2) is 9.06. The van der Waals surface area contributed by atoms with Crippen molar-refractivity contribution in [1.29, 1.82) is 0 Å². The highest BCUT2D eigenvalue weighted by Gasteiger charge is 2.12. The smallest absolute Gasteiger partial charge is 0.0390 e. The van der Waals surface area contributed by atoms with Gasteiger partial charge in [0.15, 0.2) is 0 Å². The largest absolute Gasteiger partial charge is 0.398 e. The maximum absolute atomic E-state index is 6.16. The van der Waals surface area contributed by atoms with E-state index < -0.39 is 0 Å². The molecule has 19 heavy (non-hydrogen) atoms. The van der Waals surface area contributed by atoms with Crippen LogP contribution in [0.4, 0.5) is 5.69 Å². The summed E-state index contributed by atoms with van der Waals surface area (Å²) in [6.45, 7) is 5.49. The summed E-state index contributed by atoms with van der Waals surface area (Å²) >= 11 is 3.55. The SMILES string of the molecule is Cc1cc(Br)cc(CN2CCCCCC2)c1N.Cl.Cl. The second-order valence-corrected chi connectivity index (χ2v) is 5.90. The van der Waals surface area contributed by atoms with Crippen molar-refractivity contribution in [2.45, 2.75) is 39.2 Å². The third kappa shape index (κ3) is 5.50. The Morgan fingerprint density at radius 2 is 1.68 bits per heavy atom. The van der Waals surface area contributed by atoms with E-state index in [0.29, 0.717) is 0 Å². The molecule has 0 unspecified atom stereocenters. The number of hydrogen-bond donors (Lipinski definition) is 1. The molecule has 1 saturated heterocycles. The first-order chi connectivity index (χ1) is 8.16. The Kier molecular flexibility index (Phi) is 9.08. The zero-order valence-corrected chi connectivity index (χ0v) is 14.5. The van der Waals surface area contributed by atoms with Gasteiger partial charge in [0.1, 0.15) is 0 Å². The maximum Gasteiger partial charge on any atom is 0.0390 e. The number of nitrogens with two attached hydrogens (primary N) is 1. The van der Waals surface area contributed by atoms with Crippen molar-refractivity contribution in [2.75, 3.05) is 18.8 Å². The van der Waals surface area contributed by atoms with Crippen LogP contribution >= 0.6 is 40.7 Å². The van der Waals surface area contributed by atoms with Gasteiger partial charge in [0.25, 0.3) is 0 Å². The maximum atomic E-state index is 6.16. The van der Waals surface area contributed by atoms with Gasteiger partial charge in [-0.25, -0.2) is 0 Å². The van der Waals surface area contributed by atoms with Crippen LogP contribution < -0.4 is 5.73 Å². The average Bonchev–Trinajstić information content (AvgIpc) is 2.54. The number of anilines is 1. The number of nitrogens with zero attached hydrogens (tertiary/aromatic N) is 1. The van der Waals surface area contributed by atoms with Gasteiger partial charge in [-0.1, -0.05) is 28.8 Å². The molecule has 1 aromatic rings. The van der Waals surface area contributed by atoms with Gasteiger partial charge in [-0.05, 0) is 56.1 Å². The van der Waals surface area contributed by atoms with Crippen LogP contribution in [0.2, 0.25) is 0 Å². The lowest BCUT2D eigenvalue weighted by atomic mass is 10.1. The second-order valence-electron chi connectivity index (χ2n) is 4.99. The normalized spacial score (nSPS) is 16.1. The summed E-state index contributed by atoms with van der Waals surface area (Å²) in [6, 6.07) is 4.24. The number of likely N-dealkylation sites (tertiary alicyclic amines) is 1. The van der Waals surface area contributed by atoms with Crippen molar-refractivity contribution in [3.05, 3.63) is 27.7 Å². The fourth-order valence-electron chi connectivity index (χ4n) is 2.49. The first-order valence-electron chi connectivity index (χ1n) is 6.43. The molecular formula is C14H23BrCl2N2. The zero-order chi connectivity index (χ0) is 12.3. The number of rotatable bonds is 2. The molecule has 2 rings (SSSR count). The number of hydrogen-bond acceptors (Lipinski definition) is 2. The van der Waals surface area contributed by atoms with Crippen molar-refractivity contribution in [1.82, 2.24) is 4.90 Å². The van der Waals surface area contributed by atoms with E-state index >= 15 is 0 Å². The summed E-state index contributed by atoms with van der Waals surface area (Å²) in [5.74, 6) is 0. The van der Waals surface area contributed by atoms with Crippen LogP contribution in [0.5, 0.6) is 0 Å². The van der Waals surface area contributed by atoms with Gasteiger partial charge in [0.05, 0.1) is 0 Å². The minimum Gasteiger partial charge on any atom is -0.398 e. The molecule has 1 aromatic carbocycles. The highest BCUT2D eigenvalue weighted by Crippen LogP contribution is 2.25. The number of nitrogen functional groups attached to an aromatic ring is 1. The van der Waals surface area contributed by atoms with E-state index in [2.05, 4.69) is 39.9 Å². The molecule has 110 valence electrons. The Bertz CT molecular complexity index is 391. The lowest BCUT2D eigenvalue weighted by Gasteiger charge is -2.21. The summed E-state index contributed by atoms with van der Waals surface area (Å²) in [4.78, 5) is 2.53. The van der Waals surface area contributed by atoms with Crippen molar-refractivity contribution in [2.24, 2.45) is 0 Å². The van der Waals surface area contributed by atoms with E-state index in [1.54, 1.807) is 0 Å². The highest BCUT2D eigenvalue weighted by atomic mass is 79.9. The molecule has 0 radical (unpaired) electrons. The van der Waals surface area contributed by atoms with Gasteiger partial charge < -0.3 is 5.73 Å². The Morgan fingerprint density at radius 1 is 1.11 bits per heavy atom. The van der Waals surface area contributed by atoms with Gasteiger partial charge in [0.2, 0.25) is 0 Å². The van der Waals surface area contributed by atoms with Crippen LogP contribution in [-0.4, -0.2) is 18.0 Å². The molecular weight excluding hydrogens is 347 g/mol. The number of benzene rings is 1. The standard InChI is InChI=1S/C14H21BrN2.2ClH/c1-11-8-13(15)9-12(14(11)16)10-17-6-4-2-3-5-7-17;;/h8-9H,2-7,10,16H2,1H3;2*1H. The van der Waals surface area contributed by atoms with Gasteiger partial charge in [-0.2, -0.15) is 0 Å². The third-order valence-corrected chi connectivity index (χ3v) is 3.99. The molecule has 0 saturated carbocycles. The van der Waals surface area contributed by atoms with E-state index in [0.717, 1.165) is 16.7 Å². The fraction of sp³-hybridized carbons (Fsp3) is 0.571. The molecule has 0 atom stereocenters. The molecule has 0 spiro atoms. The molecule has 5 heteroatoms. The first kappa shape index (κ1) is 19.0. The van der Waals surface area contributed by atoms with E-state index in [9.17, 15) is 0 Å². The topological polar surface area (TPSA) is 29.3 Å². The van der Waals surface area contributed by atoms with Crippen LogP contribution in [0.1, 0.15) is 36.8 Å². The van der Waals surface area contributed by atoms with Crippen molar-refractivity contribution < 1.29 is 0 Å². The van der Waals surface area contributed by atoms with Crippen LogP contribution in [0.25, 0.3) is 0 Å². The summed E-state index contributed by atoms with van der Waals surface area (Å²) < 4.78 is 1.13. The van der Waals surface area contributed by atoms with Crippen LogP contribution in [0.3, 0.4) is 0 Å². The van der Waals surface area contributed by atoms with E-state index in [1.165, 1.54) is 49.9 Å². The zero-order valence-electron chi connectivity index (χ0n) is 11.3. The van der Waals surface area contributed by atoms with Crippen LogP contribution in [0.15, 0.2) is 16.6 Å². The Morgan fingerprint density at radius 3 is 2.26 bits per heavy atom. The monoisotopic (exact) mass is 368 g/mol. The van der Waals surface area contributed by atoms with Gasteiger partial charge in [-0.15, -0.1) is 24.8 Å². The highest BCUT2D eigenvalue weighted by molar-refractivity contribution is 9.10.